The zero-order valence-corrected chi connectivity index (χ0v) is 25.6. The van der Waals surface area contributed by atoms with Gasteiger partial charge in [-0.25, -0.2) is 9.78 Å². The standard InChI is InChI=1S/C34H32N4O4S/c1-19-23(8-6-10-25(19)31-36-28-15-21(18-39)14-22(16-35)30(28)41-31)24-9-7-11-26(20(24)2)32-37-27-12-13-38(17-29(27)43-32)33(40)42-34(3,4)5/h6-11,14-15,18,27,29H,12-13,17H2,1-5H3. The van der Waals surface area contributed by atoms with Gasteiger partial charge in [0, 0.05) is 29.8 Å². The summed E-state index contributed by atoms with van der Waals surface area (Å²) in [6.45, 7) is 11.1. The van der Waals surface area contributed by atoms with Crippen LogP contribution in [0.25, 0.3) is 33.7 Å². The van der Waals surface area contributed by atoms with Crippen molar-refractivity contribution in [1.82, 2.24) is 9.88 Å². The van der Waals surface area contributed by atoms with Crippen molar-refractivity contribution in [3.8, 4) is 28.7 Å². The number of aromatic nitrogens is 1. The van der Waals surface area contributed by atoms with Gasteiger partial charge in [-0.2, -0.15) is 5.26 Å². The van der Waals surface area contributed by atoms with Gasteiger partial charge < -0.3 is 14.1 Å². The first kappa shape index (κ1) is 28.7. The number of hydrogen-bond acceptors (Lipinski definition) is 8. The number of rotatable bonds is 4. The second-order valence-corrected chi connectivity index (χ2v) is 13.2. The number of benzene rings is 3. The first-order valence-corrected chi connectivity index (χ1v) is 15.2. The van der Waals surface area contributed by atoms with Crippen LogP contribution in [0.1, 0.15) is 59.8 Å². The Morgan fingerprint density at radius 3 is 2.44 bits per heavy atom. The summed E-state index contributed by atoms with van der Waals surface area (Å²) in [5.41, 5.74) is 7.13. The minimum Gasteiger partial charge on any atom is -0.444 e. The van der Waals surface area contributed by atoms with Crippen molar-refractivity contribution in [2.75, 3.05) is 13.1 Å². The van der Waals surface area contributed by atoms with Gasteiger partial charge in [0.15, 0.2) is 5.58 Å². The Labute approximate surface area is 254 Å². The Kier molecular flexibility index (Phi) is 7.35. The Balaban J connectivity index is 1.29. The van der Waals surface area contributed by atoms with E-state index in [9.17, 15) is 14.9 Å². The molecular weight excluding hydrogens is 560 g/mol. The molecule has 0 saturated carbocycles. The molecule has 0 bridgehead atoms. The van der Waals surface area contributed by atoms with Gasteiger partial charge >= 0.3 is 6.09 Å². The van der Waals surface area contributed by atoms with E-state index >= 15 is 0 Å². The van der Waals surface area contributed by atoms with Gasteiger partial charge in [-0.05, 0) is 81.5 Å². The Bertz CT molecular complexity index is 1850. The molecule has 1 saturated heterocycles. The van der Waals surface area contributed by atoms with E-state index in [4.69, 9.17) is 14.1 Å². The molecule has 2 atom stereocenters. The summed E-state index contributed by atoms with van der Waals surface area (Å²) in [6, 6.07) is 17.7. The maximum absolute atomic E-state index is 12.7. The number of nitrogens with zero attached hydrogens (tertiary/aromatic N) is 4. The summed E-state index contributed by atoms with van der Waals surface area (Å²) in [4.78, 5) is 35.6. The predicted octanol–water partition coefficient (Wildman–Crippen LogP) is 7.33. The molecule has 2 aliphatic heterocycles. The van der Waals surface area contributed by atoms with E-state index < -0.39 is 5.60 Å². The molecule has 218 valence electrons. The van der Waals surface area contributed by atoms with Crippen LogP contribution in [-0.4, -0.2) is 57.3 Å². The van der Waals surface area contributed by atoms with E-state index in [1.165, 1.54) is 6.07 Å². The maximum atomic E-state index is 12.7. The third-order valence-electron chi connectivity index (χ3n) is 7.91. The summed E-state index contributed by atoms with van der Waals surface area (Å²) in [5.74, 6) is 0.400. The molecule has 43 heavy (non-hydrogen) atoms. The fourth-order valence-corrected chi connectivity index (χ4v) is 7.20. The third-order valence-corrected chi connectivity index (χ3v) is 9.22. The molecule has 0 aliphatic carbocycles. The van der Waals surface area contributed by atoms with Crippen molar-refractivity contribution in [3.05, 3.63) is 76.3 Å². The van der Waals surface area contributed by atoms with Gasteiger partial charge in [0.2, 0.25) is 5.89 Å². The van der Waals surface area contributed by atoms with Gasteiger partial charge in [-0.15, -0.1) is 0 Å². The lowest BCUT2D eigenvalue weighted by atomic mass is 9.91. The molecule has 1 fully saturated rings. The molecule has 8 nitrogen and oxygen atoms in total. The van der Waals surface area contributed by atoms with E-state index in [0.717, 1.165) is 44.8 Å². The number of hydrogen-bond donors (Lipinski definition) is 0. The highest BCUT2D eigenvalue weighted by atomic mass is 32.2. The number of piperidine rings is 1. The molecule has 3 heterocycles. The fraction of sp³-hybridized carbons (Fsp3) is 0.324. The molecule has 1 aromatic heterocycles. The van der Waals surface area contributed by atoms with Crippen LogP contribution in [0, 0.1) is 25.2 Å². The smallest absolute Gasteiger partial charge is 0.410 e. The average Bonchev–Trinajstić information content (AvgIpc) is 3.60. The molecule has 1 amide bonds. The Hall–Kier alpha value is -4.42. The first-order chi connectivity index (χ1) is 20.6. The minimum atomic E-state index is -0.522. The largest absolute Gasteiger partial charge is 0.444 e. The average molecular weight is 593 g/mol. The van der Waals surface area contributed by atoms with E-state index in [0.29, 0.717) is 41.9 Å². The number of nitriles is 1. The lowest BCUT2D eigenvalue weighted by Crippen LogP contribution is -2.47. The number of likely N-dealkylation sites (tertiary alicyclic amines) is 1. The van der Waals surface area contributed by atoms with Gasteiger partial charge in [-0.1, -0.05) is 42.1 Å². The summed E-state index contributed by atoms with van der Waals surface area (Å²) in [5, 5.41) is 10.8. The highest BCUT2D eigenvalue weighted by Gasteiger charge is 2.38. The van der Waals surface area contributed by atoms with Crippen LogP contribution in [0.5, 0.6) is 0 Å². The Morgan fingerprint density at radius 2 is 1.77 bits per heavy atom. The number of aldehydes is 1. The van der Waals surface area contributed by atoms with Crippen LogP contribution >= 0.6 is 11.8 Å². The number of amides is 1. The van der Waals surface area contributed by atoms with Crippen molar-refractivity contribution in [1.29, 1.82) is 5.26 Å². The van der Waals surface area contributed by atoms with Crippen molar-refractivity contribution < 1.29 is 18.7 Å². The minimum absolute atomic E-state index is 0.170. The molecule has 9 heteroatoms. The maximum Gasteiger partial charge on any atom is 0.410 e. The number of oxazole rings is 1. The second-order valence-electron chi connectivity index (χ2n) is 12.0. The first-order valence-electron chi connectivity index (χ1n) is 14.3. The Morgan fingerprint density at radius 1 is 1.09 bits per heavy atom. The lowest BCUT2D eigenvalue weighted by molar-refractivity contribution is 0.0213. The topological polar surface area (TPSA) is 109 Å². The normalized spacial score (nSPS) is 18.2. The highest BCUT2D eigenvalue weighted by molar-refractivity contribution is 8.15. The van der Waals surface area contributed by atoms with Crippen molar-refractivity contribution in [2.24, 2.45) is 4.99 Å². The summed E-state index contributed by atoms with van der Waals surface area (Å²) >= 11 is 1.74. The number of carbonyl (C=O) groups is 2. The lowest BCUT2D eigenvalue weighted by Gasteiger charge is -2.34. The molecule has 0 radical (unpaired) electrons. The van der Waals surface area contributed by atoms with Crippen LogP contribution < -0.4 is 0 Å². The van der Waals surface area contributed by atoms with Gasteiger partial charge in [0.1, 0.15) is 23.5 Å². The fourth-order valence-electron chi connectivity index (χ4n) is 5.76. The van der Waals surface area contributed by atoms with Crippen LogP contribution in [-0.2, 0) is 4.74 Å². The highest BCUT2D eigenvalue weighted by Crippen LogP contribution is 2.40. The van der Waals surface area contributed by atoms with Gasteiger partial charge in [0.25, 0.3) is 0 Å². The molecule has 2 aliphatic rings. The number of ether oxygens (including phenoxy) is 1. The van der Waals surface area contributed by atoms with Crippen LogP contribution in [0.2, 0.25) is 0 Å². The zero-order valence-electron chi connectivity index (χ0n) is 24.8. The number of thioether (sulfide) groups is 1. The molecule has 4 aromatic rings. The third kappa shape index (κ3) is 5.43. The zero-order chi connectivity index (χ0) is 30.5. The monoisotopic (exact) mass is 592 g/mol. The van der Waals surface area contributed by atoms with Gasteiger partial charge in [0.05, 0.1) is 21.9 Å². The number of carbonyl (C=O) groups excluding carboxylic acids is 2. The molecule has 6 rings (SSSR count). The van der Waals surface area contributed by atoms with E-state index in [1.807, 2.05) is 39.8 Å². The van der Waals surface area contributed by atoms with Gasteiger partial charge in [-0.3, -0.25) is 9.79 Å². The summed E-state index contributed by atoms with van der Waals surface area (Å²) < 4.78 is 11.7. The van der Waals surface area contributed by atoms with Crippen LogP contribution in [0.3, 0.4) is 0 Å². The second kappa shape index (κ2) is 11.0. The predicted molar refractivity (Wildman–Crippen MR) is 169 cm³/mol. The van der Waals surface area contributed by atoms with E-state index in [2.05, 4.69) is 42.2 Å². The van der Waals surface area contributed by atoms with Crippen molar-refractivity contribution in [2.45, 2.75) is 57.9 Å². The number of fused-ring (bicyclic) bond motifs is 2. The van der Waals surface area contributed by atoms with E-state index in [-0.39, 0.29) is 22.9 Å². The van der Waals surface area contributed by atoms with Crippen LogP contribution in [0.15, 0.2) is 57.9 Å². The molecule has 0 N–H and O–H groups in total. The number of aliphatic imine (C=N–C) groups is 1. The molecular formula is C34H32N4O4S. The quantitative estimate of drug-likeness (QED) is 0.228. The van der Waals surface area contributed by atoms with Crippen molar-refractivity contribution >= 4 is 40.3 Å². The van der Waals surface area contributed by atoms with E-state index in [1.54, 1.807) is 22.7 Å². The molecule has 2 unspecified atom stereocenters. The molecule has 3 aromatic carbocycles. The SMILES string of the molecule is Cc1c(C2=NC3CCN(C(=O)OC(C)(C)C)CC3S2)cccc1-c1cccc(-c2nc3cc(C=O)cc(C#N)c3o2)c1C. The summed E-state index contributed by atoms with van der Waals surface area (Å²) in [6.07, 6.45) is 1.25. The van der Waals surface area contributed by atoms with Crippen molar-refractivity contribution in [3.63, 3.8) is 0 Å². The van der Waals surface area contributed by atoms with Crippen LogP contribution in [0.4, 0.5) is 4.79 Å². The molecule has 0 spiro atoms. The summed E-state index contributed by atoms with van der Waals surface area (Å²) in [7, 11) is 0.